The van der Waals surface area contributed by atoms with Crippen molar-refractivity contribution in [3.63, 3.8) is 0 Å². The molecule has 2 N–H and O–H groups in total. The lowest BCUT2D eigenvalue weighted by Crippen LogP contribution is -2.38. The summed E-state index contributed by atoms with van der Waals surface area (Å²) in [7, 11) is 3.17. The number of guanidine groups is 1. The van der Waals surface area contributed by atoms with Gasteiger partial charge in [-0.05, 0) is 25.7 Å². The number of rotatable bonds is 12. The van der Waals surface area contributed by atoms with Gasteiger partial charge in [-0.2, -0.15) is 0 Å². The van der Waals surface area contributed by atoms with E-state index in [1.165, 1.54) is 13.5 Å². The predicted octanol–water partition coefficient (Wildman–Crippen LogP) is 1.70. The van der Waals surface area contributed by atoms with Gasteiger partial charge in [0.25, 0.3) is 0 Å². The molecule has 0 heterocycles. The molecule has 0 aromatic carbocycles. The van der Waals surface area contributed by atoms with Crippen molar-refractivity contribution >= 4 is 11.9 Å². The van der Waals surface area contributed by atoms with Gasteiger partial charge in [0.2, 0.25) is 0 Å². The Labute approximate surface area is 128 Å². The van der Waals surface area contributed by atoms with Crippen LogP contribution in [0.1, 0.15) is 45.4 Å². The molecule has 6 nitrogen and oxygen atoms in total. The zero-order valence-corrected chi connectivity index (χ0v) is 13.7. The maximum absolute atomic E-state index is 10.9. The zero-order valence-electron chi connectivity index (χ0n) is 13.7. The van der Waals surface area contributed by atoms with Gasteiger partial charge >= 0.3 is 5.97 Å². The fourth-order valence-electron chi connectivity index (χ4n) is 1.65. The van der Waals surface area contributed by atoms with Gasteiger partial charge in [0.15, 0.2) is 5.96 Å². The minimum absolute atomic E-state index is 0.152. The van der Waals surface area contributed by atoms with Crippen LogP contribution in [0.3, 0.4) is 0 Å². The average Bonchev–Trinajstić information content (AvgIpc) is 2.51. The number of aliphatic imine (C=N–C) groups is 1. The molecule has 0 aromatic heterocycles. The molecular formula is C15H31N3O3. The molecular weight excluding hydrogens is 270 g/mol. The lowest BCUT2D eigenvalue weighted by atomic mass is 10.2. The lowest BCUT2D eigenvalue weighted by molar-refractivity contribution is -0.140. The number of methoxy groups -OCH3 is 1. The van der Waals surface area contributed by atoms with Crippen LogP contribution in [0.25, 0.3) is 0 Å². The van der Waals surface area contributed by atoms with E-state index in [-0.39, 0.29) is 5.97 Å². The molecule has 0 saturated heterocycles. The van der Waals surface area contributed by atoms with Crippen LogP contribution in [0, 0.1) is 0 Å². The molecule has 0 saturated carbocycles. The number of nitrogens with one attached hydrogen (secondary N) is 2. The van der Waals surface area contributed by atoms with Crippen molar-refractivity contribution in [2.45, 2.75) is 45.4 Å². The second-order valence-corrected chi connectivity index (χ2v) is 4.78. The fourth-order valence-corrected chi connectivity index (χ4v) is 1.65. The summed E-state index contributed by atoms with van der Waals surface area (Å²) in [6, 6.07) is 0. The van der Waals surface area contributed by atoms with Gasteiger partial charge in [-0.1, -0.05) is 13.3 Å². The van der Waals surface area contributed by atoms with Crippen molar-refractivity contribution in [3.05, 3.63) is 0 Å². The van der Waals surface area contributed by atoms with Gasteiger partial charge in [0.1, 0.15) is 0 Å². The summed E-state index contributed by atoms with van der Waals surface area (Å²) in [5.74, 6) is 0.641. The third-order valence-corrected chi connectivity index (χ3v) is 2.95. The first kappa shape index (κ1) is 19.7. The molecule has 0 rings (SSSR count). The van der Waals surface area contributed by atoms with Crippen molar-refractivity contribution in [3.8, 4) is 0 Å². The Hall–Kier alpha value is -1.30. The molecule has 0 aliphatic rings. The highest BCUT2D eigenvalue weighted by Crippen LogP contribution is 1.95. The Kier molecular flexibility index (Phi) is 14.2. The number of carbonyl (C=O) groups is 1. The molecule has 0 aromatic rings. The van der Waals surface area contributed by atoms with Gasteiger partial charge in [0, 0.05) is 39.8 Å². The van der Waals surface area contributed by atoms with Gasteiger partial charge < -0.3 is 20.1 Å². The van der Waals surface area contributed by atoms with E-state index < -0.39 is 0 Å². The molecule has 6 heteroatoms. The van der Waals surface area contributed by atoms with Crippen LogP contribution in [0.5, 0.6) is 0 Å². The number of ether oxygens (including phenoxy) is 2. The number of carbonyl (C=O) groups excluding carboxylic acids is 1. The predicted molar refractivity (Wildman–Crippen MR) is 85.6 cm³/mol. The highest BCUT2D eigenvalue weighted by Gasteiger charge is 2.00. The quantitative estimate of drug-likeness (QED) is 0.248. The van der Waals surface area contributed by atoms with Gasteiger partial charge in [-0.15, -0.1) is 0 Å². The minimum Gasteiger partial charge on any atom is -0.469 e. The Bertz CT molecular complexity index is 283. The molecule has 0 fully saturated rings. The van der Waals surface area contributed by atoms with Crippen LogP contribution in [-0.4, -0.2) is 52.4 Å². The van der Waals surface area contributed by atoms with Crippen molar-refractivity contribution in [2.24, 2.45) is 4.99 Å². The summed E-state index contributed by atoms with van der Waals surface area (Å²) in [5, 5.41) is 6.46. The van der Waals surface area contributed by atoms with Crippen molar-refractivity contribution in [1.29, 1.82) is 0 Å². The molecule has 0 atom stereocenters. The van der Waals surface area contributed by atoms with Crippen LogP contribution >= 0.6 is 0 Å². The minimum atomic E-state index is -0.152. The van der Waals surface area contributed by atoms with E-state index in [1.807, 2.05) is 0 Å². The first-order chi connectivity index (χ1) is 10.2. The SMILES string of the molecule is CCCCOCCCNC(=NC)NCCCCC(=O)OC. The number of unbranched alkanes of at least 4 members (excludes halogenated alkanes) is 2. The Morgan fingerprint density at radius 3 is 2.33 bits per heavy atom. The van der Waals surface area contributed by atoms with E-state index in [0.717, 1.165) is 57.9 Å². The molecule has 0 aliphatic carbocycles. The number of hydrogen-bond acceptors (Lipinski definition) is 4. The summed E-state index contributed by atoms with van der Waals surface area (Å²) in [6.45, 7) is 5.43. The van der Waals surface area contributed by atoms with Crippen molar-refractivity contribution in [2.75, 3.05) is 40.5 Å². The highest BCUT2D eigenvalue weighted by molar-refractivity contribution is 5.79. The lowest BCUT2D eigenvalue weighted by Gasteiger charge is -2.11. The molecule has 124 valence electrons. The maximum Gasteiger partial charge on any atom is 0.305 e. The fraction of sp³-hybridized carbons (Fsp3) is 0.867. The number of esters is 1. The summed E-state index contributed by atoms with van der Waals surface area (Å²) < 4.78 is 10.1. The Morgan fingerprint density at radius 2 is 1.71 bits per heavy atom. The third kappa shape index (κ3) is 13.4. The van der Waals surface area contributed by atoms with Crippen molar-refractivity contribution in [1.82, 2.24) is 10.6 Å². The standard InChI is InChI=1S/C15H31N3O3/c1-4-5-12-21-13-8-11-18-15(16-2)17-10-7-6-9-14(19)20-3/h4-13H2,1-3H3,(H2,16,17,18). The van der Waals surface area contributed by atoms with E-state index in [0.29, 0.717) is 6.42 Å². The van der Waals surface area contributed by atoms with E-state index >= 15 is 0 Å². The molecule has 21 heavy (non-hydrogen) atoms. The second-order valence-electron chi connectivity index (χ2n) is 4.78. The smallest absolute Gasteiger partial charge is 0.305 e. The first-order valence-electron chi connectivity index (χ1n) is 7.83. The molecule has 0 unspecified atom stereocenters. The summed E-state index contributed by atoms with van der Waals surface area (Å²) in [5.41, 5.74) is 0. The molecule has 0 aliphatic heterocycles. The van der Waals surface area contributed by atoms with Crippen LogP contribution in [0.4, 0.5) is 0 Å². The average molecular weight is 301 g/mol. The second kappa shape index (κ2) is 15.1. The van der Waals surface area contributed by atoms with E-state index in [2.05, 4.69) is 27.3 Å². The van der Waals surface area contributed by atoms with E-state index in [1.54, 1.807) is 7.05 Å². The highest BCUT2D eigenvalue weighted by atomic mass is 16.5. The Balaban J connectivity index is 3.44. The molecule has 0 amide bonds. The van der Waals surface area contributed by atoms with E-state index in [9.17, 15) is 4.79 Å². The van der Waals surface area contributed by atoms with Crippen LogP contribution < -0.4 is 10.6 Å². The summed E-state index contributed by atoms with van der Waals surface area (Å²) >= 11 is 0. The summed E-state index contributed by atoms with van der Waals surface area (Å²) in [6.07, 6.45) is 5.47. The molecule has 0 radical (unpaired) electrons. The number of hydrogen-bond donors (Lipinski definition) is 2. The van der Waals surface area contributed by atoms with E-state index in [4.69, 9.17) is 4.74 Å². The Morgan fingerprint density at radius 1 is 1.05 bits per heavy atom. The van der Waals surface area contributed by atoms with Gasteiger partial charge in [-0.3, -0.25) is 9.79 Å². The van der Waals surface area contributed by atoms with Crippen LogP contribution in [0.15, 0.2) is 4.99 Å². The van der Waals surface area contributed by atoms with Gasteiger partial charge in [0.05, 0.1) is 7.11 Å². The first-order valence-corrected chi connectivity index (χ1v) is 7.83. The topological polar surface area (TPSA) is 72.0 Å². The molecule has 0 bridgehead atoms. The summed E-state index contributed by atoms with van der Waals surface area (Å²) in [4.78, 5) is 15.1. The monoisotopic (exact) mass is 301 g/mol. The molecule has 0 spiro atoms. The number of nitrogens with zero attached hydrogens (tertiary/aromatic N) is 1. The van der Waals surface area contributed by atoms with Crippen molar-refractivity contribution < 1.29 is 14.3 Å². The normalized spacial score (nSPS) is 11.3. The van der Waals surface area contributed by atoms with Crippen LogP contribution in [-0.2, 0) is 14.3 Å². The van der Waals surface area contributed by atoms with Gasteiger partial charge in [-0.25, -0.2) is 0 Å². The largest absolute Gasteiger partial charge is 0.469 e. The third-order valence-electron chi connectivity index (χ3n) is 2.95. The maximum atomic E-state index is 10.9. The zero-order chi connectivity index (χ0) is 15.8. The van der Waals surface area contributed by atoms with Crippen LogP contribution in [0.2, 0.25) is 0 Å².